The second-order valence-corrected chi connectivity index (χ2v) is 8.20. The number of rotatable bonds is 6. The molecular weight excluding hydrogens is 366 g/mol. The summed E-state index contributed by atoms with van der Waals surface area (Å²) in [6, 6.07) is 3.79. The number of likely N-dealkylation sites (N-methyl/N-ethyl adjacent to an activating group) is 1. The number of thiophene rings is 1. The Bertz CT molecular complexity index is 743. The van der Waals surface area contributed by atoms with Crippen molar-refractivity contribution in [2.45, 2.75) is 32.7 Å². The molecule has 0 aliphatic carbocycles. The highest BCUT2D eigenvalue weighted by Crippen LogP contribution is 2.26. The summed E-state index contributed by atoms with van der Waals surface area (Å²) in [5.41, 5.74) is 0.724. The topological polar surface area (TPSA) is 53.5 Å². The molecule has 0 N–H and O–H groups in total. The molecule has 0 unspecified atom stereocenters. The van der Waals surface area contributed by atoms with Crippen molar-refractivity contribution < 1.29 is 9.59 Å². The van der Waals surface area contributed by atoms with Crippen molar-refractivity contribution in [2.75, 3.05) is 18.0 Å². The number of aromatic nitrogens is 1. The SMILES string of the molecule is CCN(Cc1ccc(Cl)s1)C(=O)Cc1csc(N2CCCC2=O)n1. The largest absolute Gasteiger partial charge is 0.337 e. The van der Waals surface area contributed by atoms with Crippen LogP contribution in [0.15, 0.2) is 17.5 Å². The van der Waals surface area contributed by atoms with Crippen molar-refractivity contribution in [3.05, 3.63) is 32.4 Å². The second kappa shape index (κ2) is 7.63. The maximum absolute atomic E-state index is 12.5. The van der Waals surface area contributed by atoms with Crippen LogP contribution in [0.5, 0.6) is 0 Å². The Hall–Kier alpha value is -1.44. The lowest BCUT2D eigenvalue weighted by Crippen LogP contribution is -2.31. The summed E-state index contributed by atoms with van der Waals surface area (Å²) in [6.45, 7) is 3.88. The predicted molar refractivity (Wildman–Crippen MR) is 97.8 cm³/mol. The van der Waals surface area contributed by atoms with Gasteiger partial charge in [0.05, 0.1) is 23.0 Å². The minimum Gasteiger partial charge on any atom is -0.337 e. The third-order valence-electron chi connectivity index (χ3n) is 3.89. The van der Waals surface area contributed by atoms with Gasteiger partial charge in [-0.2, -0.15) is 0 Å². The van der Waals surface area contributed by atoms with Crippen molar-refractivity contribution in [3.8, 4) is 0 Å². The maximum atomic E-state index is 12.5. The number of thiazole rings is 1. The van der Waals surface area contributed by atoms with E-state index in [4.69, 9.17) is 11.6 Å². The first-order chi connectivity index (χ1) is 11.6. The highest BCUT2D eigenvalue weighted by atomic mass is 35.5. The Balaban J connectivity index is 1.62. The van der Waals surface area contributed by atoms with Crippen LogP contribution >= 0.6 is 34.3 Å². The number of halogens is 1. The van der Waals surface area contributed by atoms with Crippen molar-refractivity contribution >= 4 is 51.2 Å². The molecule has 24 heavy (non-hydrogen) atoms. The molecule has 0 aromatic carbocycles. The molecule has 2 aromatic heterocycles. The van der Waals surface area contributed by atoms with E-state index >= 15 is 0 Å². The van der Waals surface area contributed by atoms with Gasteiger partial charge in [0.25, 0.3) is 0 Å². The molecule has 0 radical (unpaired) electrons. The lowest BCUT2D eigenvalue weighted by Gasteiger charge is -2.19. The Morgan fingerprint density at radius 2 is 2.29 bits per heavy atom. The van der Waals surface area contributed by atoms with Crippen molar-refractivity contribution in [2.24, 2.45) is 0 Å². The Morgan fingerprint density at radius 1 is 1.46 bits per heavy atom. The van der Waals surface area contributed by atoms with Gasteiger partial charge < -0.3 is 4.90 Å². The van der Waals surface area contributed by atoms with Gasteiger partial charge in [-0.25, -0.2) is 4.98 Å². The van der Waals surface area contributed by atoms with Crippen LogP contribution in [0.4, 0.5) is 5.13 Å². The van der Waals surface area contributed by atoms with Gasteiger partial charge >= 0.3 is 0 Å². The summed E-state index contributed by atoms with van der Waals surface area (Å²) < 4.78 is 0.730. The Labute approximate surface area is 153 Å². The fourth-order valence-corrected chi connectivity index (χ4v) is 4.59. The lowest BCUT2D eigenvalue weighted by atomic mass is 10.3. The predicted octanol–water partition coefficient (Wildman–Crippen LogP) is 3.58. The molecule has 0 bridgehead atoms. The summed E-state index contributed by atoms with van der Waals surface area (Å²) >= 11 is 8.86. The van der Waals surface area contributed by atoms with E-state index in [2.05, 4.69) is 4.98 Å². The van der Waals surface area contributed by atoms with Crippen LogP contribution in [-0.4, -0.2) is 34.8 Å². The summed E-state index contributed by atoms with van der Waals surface area (Å²) in [7, 11) is 0. The zero-order valence-electron chi connectivity index (χ0n) is 13.3. The summed E-state index contributed by atoms with van der Waals surface area (Å²) in [5.74, 6) is 0.151. The zero-order chi connectivity index (χ0) is 17.1. The number of anilines is 1. The lowest BCUT2D eigenvalue weighted by molar-refractivity contribution is -0.130. The van der Waals surface area contributed by atoms with Crippen LogP contribution < -0.4 is 4.90 Å². The van der Waals surface area contributed by atoms with E-state index in [1.54, 1.807) is 9.80 Å². The molecule has 0 saturated carbocycles. The van der Waals surface area contributed by atoms with Crippen molar-refractivity contribution in [3.63, 3.8) is 0 Å². The average molecular weight is 384 g/mol. The summed E-state index contributed by atoms with van der Waals surface area (Å²) in [6.07, 6.45) is 1.71. The standard InChI is InChI=1S/C16H18ClN3O2S2/c1-2-19(9-12-5-6-13(17)24-12)15(22)8-11-10-23-16(18-11)20-7-3-4-14(20)21/h5-6,10H,2-4,7-9H2,1H3. The third-order valence-corrected chi connectivity index (χ3v) is 6.01. The molecule has 8 heteroatoms. The molecule has 1 fully saturated rings. The smallest absolute Gasteiger partial charge is 0.228 e. The molecule has 1 aliphatic rings. The van der Waals surface area contributed by atoms with E-state index in [0.717, 1.165) is 27.9 Å². The van der Waals surface area contributed by atoms with Gasteiger partial charge in [0, 0.05) is 29.8 Å². The molecule has 3 heterocycles. The van der Waals surface area contributed by atoms with E-state index in [9.17, 15) is 9.59 Å². The van der Waals surface area contributed by atoms with Crippen molar-refractivity contribution in [1.82, 2.24) is 9.88 Å². The number of carbonyl (C=O) groups is 2. The molecule has 1 saturated heterocycles. The quantitative estimate of drug-likeness (QED) is 0.766. The van der Waals surface area contributed by atoms with Gasteiger partial charge in [-0.3, -0.25) is 14.5 Å². The Kier molecular flexibility index (Phi) is 5.53. The van der Waals surface area contributed by atoms with Crippen LogP contribution in [-0.2, 0) is 22.6 Å². The fraction of sp³-hybridized carbons (Fsp3) is 0.438. The van der Waals surface area contributed by atoms with Crippen LogP contribution in [0, 0.1) is 0 Å². The first-order valence-electron chi connectivity index (χ1n) is 7.83. The van der Waals surface area contributed by atoms with E-state index in [0.29, 0.717) is 24.6 Å². The number of carbonyl (C=O) groups excluding carboxylic acids is 2. The molecule has 2 amide bonds. The molecular formula is C16H18ClN3O2S2. The molecule has 2 aromatic rings. The van der Waals surface area contributed by atoms with E-state index in [-0.39, 0.29) is 18.2 Å². The van der Waals surface area contributed by atoms with Crippen LogP contribution in [0.1, 0.15) is 30.3 Å². The molecule has 0 atom stereocenters. The van der Waals surface area contributed by atoms with Crippen LogP contribution in [0.3, 0.4) is 0 Å². The van der Waals surface area contributed by atoms with Crippen LogP contribution in [0.25, 0.3) is 0 Å². The van der Waals surface area contributed by atoms with Gasteiger partial charge in [-0.05, 0) is 25.5 Å². The highest BCUT2D eigenvalue weighted by molar-refractivity contribution is 7.16. The molecule has 5 nitrogen and oxygen atoms in total. The first kappa shape index (κ1) is 17.4. The van der Waals surface area contributed by atoms with E-state index in [1.807, 2.05) is 24.4 Å². The van der Waals surface area contributed by atoms with Gasteiger partial charge in [0.2, 0.25) is 11.8 Å². The van der Waals surface area contributed by atoms with Gasteiger partial charge in [0.1, 0.15) is 0 Å². The van der Waals surface area contributed by atoms with Gasteiger partial charge in [0.15, 0.2) is 5.13 Å². The van der Waals surface area contributed by atoms with Gasteiger partial charge in [-0.1, -0.05) is 11.6 Å². The maximum Gasteiger partial charge on any atom is 0.228 e. The fourth-order valence-electron chi connectivity index (χ4n) is 2.62. The third kappa shape index (κ3) is 3.96. The van der Waals surface area contributed by atoms with E-state index in [1.165, 1.54) is 22.7 Å². The highest BCUT2D eigenvalue weighted by Gasteiger charge is 2.24. The molecule has 128 valence electrons. The monoisotopic (exact) mass is 383 g/mol. The van der Waals surface area contributed by atoms with E-state index < -0.39 is 0 Å². The first-order valence-corrected chi connectivity index (χ1v) is 9.91. The molecule has 1 aliphatic heterocycles. The minimum absolute atomic E-state index is 0.0339. The molecule has 0 spiro atoms. The minimum atomic E-state index is 0.0339. The number of hydrogen-bond acceptors (Lipinski definition) is 5. The second-order valence-electron chi connectivity index (χ2n) is 5.56. The number of amides is 2. The number of nitrogens with zero attached hydrogens (tertiary/aromatic N) is 3. The summed E-state index contributed by atoms with van der Waals surface area (Å²) in [4.78, 5) is 33.3. The van der Waals surface area contributed by atoms with Crippen molar-refractivity contribution in [1.29, 1.82) is 0 Å². The Morgan fingerprint density at radius 3 is 2.92 bits per heavy atom. The average Bonchev–Trinajstić information content (AvgIpc) is 3.26. The summed E-state index contributed by atoms with van der Waals surface area (Å²) in [5, 5.41) is 2.57. The number of hydrogen-bond donors (Lipinski definition) is 0. The normalized spacial score (nSPS) is 14.4. The van der Waals surface area contributed by atoms with Gasteiger partial charge in [-0.15, -0.1) is 22.7 Å². The molecule has 3 rings (SSSR count). The van der Waals surface area contributed by atoms with Crippen LogP contribution in [0.2, 0.25) is 4.34 Å². The zero-order valence-corrected chi connectivity index (χ0v) is 15.7.